The Hall–Kier alpha value is -1.46. The smallest absolute Gasteiger partial charge is 0.370 e. The highest BCUT2D eigenvalue weighted by molar-refractivity contribution is 5.51. The molecule has 0 unspecified atom stereocenters. The minimum atomic E-state index is -4.35. The highest BCUT2D eigenvalue weighted by Crippen LogP contribution is 2.39. The topological polar surface area (TPSA) is 37.0 Å². The average Bonchev–Trinajstić information content (AvgIpc) is 3.02. The fourth-order valence-electron chi connectivity index (χ4n) is 1.72. The molecular weight excluding hydrogens is 255 g/mol. The minimum Gasteiger partial charge on any atom is -0.370 e. The maximum absolute atomic E-state index is 12.8. The Bertz CT molecular complexity index is 453. The van der Waals surface area contributed by atoms with Gasteiger partial charge in [0.05, 0.1) is 5.56 Å². The van der Waals surface area contributed by atoms with E-state index in [1.54, 1.807) is 0 Å². The van der Waals surface area contributed by atoms with Crippen LogP contribution in [0.15, 0.2) is 12.1 Å². The van der Waals surface area contributed by atoms with Crippen LogP contribution in [0, 0.1) is 0 Å². The summed E-state index contributed by atoms with van der Waals surface area (Å²) in [6.45, 7) is 4.53. The summed E-state index contributed by atoms with van der Waals surface area (Å²) in [5.41, 5.74) is -0.771. The van der Waals surface area contributed by atoms with E-state index in [9.17, 15) is 13.2 Å². The van der Waals surface area contributed by atoms with Crippen molar-refractivity contribution in [2.45, 2.75) is 44.8 Å². The second kappa shape index (κ2) is 4.90. The molecule has 0 amide bonds. The van der Waals surface area contributed by atoms with Gasteiger partial charge in [0.1, 0.15) is 11.6 Å². The molecule has 1 aromatic heterocycles. The van der Waals surface area contributed by atoms with Gasteiger partial charge >= 0.3 is 6.18 Å². The van der Waals surface area contributed by atoms with Crippen LogP contribution in [0.3, 0.4) is 0 Å². The van der Waals surface area contributed by atoms with Gasteiger partial charge in [-0.3, -0.25) is 0 Å². The molecule has 2 rings (SSSR count). The second-order valence-electron chi connectivity index (χ2n) is 5.24. The van der Waals surface area contributed by atoms with E-state index in [1.807, 2.05) is 13.8 Å². The number of nitrogens with zero attached hydrogens (tertiary/aromatic N) is 1. The van der Waals surface area contributed by atoms with Crippen LogP contribution in [-0.4, -0.2) is 17.1 Å². The van der Waals surface area contributed by atoms with Crippen molar-refractivity contribution in [1.29, 1.82) is 0 Å². The van der Waals surface area contributed by atoms with Gasteiger partial charge in [-0.05, 0) is 38.3 Å². The van der Waals surface area contributed by atoms with Crippen LogP contribution in [-0.2, 0) is 6.18 Å². The number of hydrogen-bond acceptors (Lipinski definition) is 3. The fourth-order valence-corrected chi connectivity index (χ4v) is 1.72. The molecule has 1 aromatic rings. The molecule has 0 bridgehead atoms. The molecule has 1 aliphatic carbocycles. The quantitative estimate of drug-likeness (QED) is 0.854. The number of anilines is 2. The summed E-state index contributed by atoms with van der Waals surface area (Å²) in [5.74, 6) is 0.553. The highest BCUT2D eigenvalue weighted by atomic mass is 19.4. The summed E-state index contributed by atoms with van der Waals surface area (Å²) in [7, 11) is 0. The molecule has 0 aromatic carbocycles. The first-order valence-electron chi connectivity index (χ1n) is 6.44. The van der Waals surface area contributed by atoms with E-state index in [-0.39, 0.29) is 17.2 Å². The Morgan fingerprint density at radius 1 is 1.26 bits per heavy atom. The third-order valence-corrected chi connectivity index (χ3v) is 3.14. The number of pyridine rings is 1. The maximum atomic E-state index is 12.8. The van der Waals surface area contributed by atoms with Gasteiger partial charge in [-0.15, -0.1) is 0 Å². The lowest BCUT2D eigenvalue weighted by Crippen LogP contribution is -2.18. The van der Waals surface area contributed by atoms with Gasteiger partial charge in [0.25, 0.3) is 0 Å². The third-order valence-electron chi connectivity index (χ3n) is 3.14. The van der Waals surface area contributed by atoms with Gasteiger partial charge in [-0.25, -0.2) is 4.98 Å². The normalized spacial score (nSPS) is 17.1. The summed E-state index contributed by atoms with van der Waals surface area (Å²) in [6, 6.07) is 2.12. The predicted molar refractivity (Wildman–Crippen MR) is 69.3 cm³/mol. The van der Waals surface area contributed by atoms with E-state index in [1.165, 1.54) is 0 Å². The van der Waals surface area contributed by atoms with Crippen molar-refractivity contribution >= 4 is 11.6 Å². The van der Waals surface area contributed by atoms with Gasteiger partial charge in [0.2, 0.25) is 0 Å². The van der Waals surface area contributed by atoms with Crippen molar-refractivity contribution in [1.82, 2.24) is 4.98 Å². The molecule has 19 heavy (non-hydrogen) atoms. The Labute approximate surface area is 110 Å². The van der Waals surface area contributed by atoms with E-state index >= 15 is 0 Å². The van der Waals surface area contributed by atoms with E-state index in [2.05, 4.69) is 15.6 Å². The molecule has 0 aliphatic heterocycles. The van der Waals surface area contributed by atoms with Crippen LogP contribution in [0.2, 0.25) is 0 Å². The van der Waals surface area contributed by atoms with E-state index in [4.69, 9.17) is 0 Å². The van der Waals surface area contributed by atoms with E-state index in [0.29, 0.717) is 6.54 Å². The van der Waals surface area contributed by atoms with Gasteiger partial charge in [-0.2, -0.15) is 13.2 Å². The lowest BCUT2D eigenvalue weighted by molar-refractivity contribution is -0.137. The molecule has 2 N–H and O–H groups in total. The average molecular weight is 273 g/mol. The zero-order valence-electron chi connectivity index (χ0n) is 11.1. The lowest BCUT2D eigenvalue weighted by atomic mass is 10.2. The monoisotopic (exact) mass is 273 g/mol. The van der Waals surface area contributed by atoms with Crippen LogP contribution >= 0.6 is 0 Å². The van der Waals surface area contributed by atoms with Crippen LogP contribution in [0.4, 0.5) is 24.8 Å². The Kier molecular flexibility index (Phi) is 3.60. The summed E-state index contributed by atoms with van der Waals surface area (Å²) in [6.07, 6.45) is -1.60. The van der Waals surface area contributed by atoms with Gasteiger partial charge in [-0.1, -0.05) is 6.92 Å². The molecule has 1 fully saturated rings. The number of aromatic nitrogens is 1. The number of nitrogens with one attached hydrogen (secondary N) is 2. The maximum Gasteiger partial charge on any atom is 0.416 e. The zero-order chi connectivity index (χ0) is 14.1. The molecule has 0 atom stereocenters. The van der Waals surface area contributed by atoms with Crippen LogP contribution in [0.1, 0.15) is 38.7 Å². The molecule has 0 spiro atoms. The van der Waals surface area contributed by atoms with Crippen molar-refractivity contribution in [2.24, 2.45) is 0 Å². The van der Waals surface area contributed by atoms with Crippen LogP contribution in [0.5, 0.6) is 0 Å². The molecule has 106 valence electrons. The highest BCUT2D eigenvalue weighted by Gasteiger charge is 2.38. The molecule has 1 heterocycles. The first kappa shape index (κ1) is 14.0. The lowest BCUT2D eigenvalue weighted by Gasteiger charge is -2.16. The standard InChI is InChI=1S/C13H18F3N3/c1-3-6-17-10-7-9(13(14,15)16)8-11(18-10)19-12(2)4-5-12/h7-8H,3-6H2,1-2H3,(H2,17,18,19). The first-order chi connectivity index (χ1) is 8.82. The molecule has 6 heteroatoms. The number of halogens is 3. The zero-order valence-corrected chi connectivity index (χ0v) is 11.1. The fraction of sp³-hybridized carbons (Fsp3) is 0.615. The summed E-state index contributed by atoms with van der Waals surface area (Å²) in [4.78, 5) is 4.19. The number of alkyl halides is 3. The molecule has 1 aliphatic rings. The largest absolute Gasteiger partial charge is 0.416 e. The Morgan fingerprint density at radius 3 is 2.42 bits per heavy atom. The third kappa shape index (κ3) is 3.75. The van der Waals surface area contributed by atoms with E-state index in [0.717, 1.165) is 31.4 Å². The first-order valence-corrected chi connectivity index (χ1v) is 6.44. The van der Waals surface area contributed by atoms with Gasteiger partial charge < -0.3 is 10.6 Å². The van der Waals surface area contributed by atoms with Gasteiger partial charge in [0, 0.05) is 12.1 Å². The molecule has 0 saturated heterocycles. The molecule has 1 saturated carbocycles. The van der Waals surface area contributed by atoms with Crippen molar-refractivity contribution in [3.63, 3.8) is 0 Å². The minimum absolute atomic E-state index is 0.0980. The Morgan fingerprint density at radius 2 is 1.89 bits per heavy atom. The molecule has 3 nitrogen and oxygen atoms in total. The van der Waals surface area contributed by atoms with Crippen molar-refractivity contribution in [2.75, 3.05) is 17.2 Å². The van der Waals surface area contributed by atoms with Crippen molar-refractivity contribution in [3.8, 4) is 0 Å². The Balaban J connectivity index is 2.25. The molecular formula is C13H18F3N3. The second-order valence-corrected chi connectivity index (χ2v) is 5.24. The number of hydrogen-bond donors (Lipinski definition) is 2. The SMILES string of the molecule is CCCNc1cc(C(F)(F)F)cc(NC2(C)CC2)n1. The summed E-state index contributed by atoms with van der Waals surface area (Å²) >= 11 is 0. The van der Waals surface area contributed by atoms with Crippen LogP contribution < -0.4 is 10.6 Å². The predicted octanol–water partition coefficient (Wildman–Crippen LogP) is 3.89. The van der Waals surface area contributed by atoms with Crippen molar-refractivity contribution < 1.29 is 13.2 Å². The van der Waals surface area contributed by atoms with Crippen LogP contribution in [0.25, 0.3) is 0 Å². The van der Waals surface area contributed by atoms with Crippen molar-refractivity contribution in [3.05, 3.63) is 17.7 Å². The molecule has 0 radical (unpaired) electrons. The summed E-state index contributed by atoms with van der Waals surface area (Å²) < 4.78 is 38.5. The van der Waals surface area contributed by atoms with E-state index < -0.39 is 11.7 Å². The van der Waals surface area contributed by atoms with Gasteiger partial charge in [0.15, 0.2) is 0 Å². The number of rotatable bonds is 5. The summed E-state index contributed by atoms with van der Waals surface area (Å²) in [5, 5.41) is 5.97.